The lowest BCUT2D eigenvalue weighted by atomic mass is 10.0. The first-order valence-corrected chi connectivity index (χ1v) is 9.62. The summed E-state index contributed by atoms with van der Waals surface area (Å²) >= 11 is 0. The number of hydrogen-bond acceptors (Lipinski definition) is 3. The van der Waals surface area contributed by atoms with Gasteiger partial charge in [0, 0.05) is 10.9 Å². The van der Waals surface area contributed by atoms with Crippen LogP contribution in [0.2, 0.25) is 0 Å². The number of halogens is 1. The molecule has 150 valence electrons. The van der Waals surface area contributed by atoms with E-state index in [2.05, 4.69) is 4.98 Å². The van der Waals surface area contributed by atoms with Crippen LogP contribution < -0.4 is 4.74 Å². The van der Waals surface area contributed by atoms with Crippen LogP contribution in [0.4, 0.5) is 4.39 Å². The van der Waals surface area contributed by atoms with Crippen molar-refractivity contribution in [3.05, 3.63) is 84.2 Å². The van der Waals surface area contributed by atoms with Gasteiger partial charge in [-0.1, -0.05) is 36.4 Å². The third-order valence-corrected chi connectivity index (χ3v) is 4.74. The van der Waals surface area contributed by atoms with E-state index >= 15 is 0 Å². The summed E-state index contributed by atoms with van der Waals surface area (Å²) in [5.41, 5.74) is 3.85. The zero-order valence-corrected chi connectivity index (χ0v) is 16.6. The Balaban J connectivity index is 1.68. The highest BCUT2D eigenvalue weighted by Gasteiger charge is 2.14. The predicted octanol–water partition coefficient (Wildman–Crippen LogP) is 6.19. The number of fused-ring (bicyclic) bond motifs is 1. The maximum absolute atomic E-state index is 13.6. The molecule has 3 aromatic carbocycles. The summed E-state index contributed by atoms with van der Waals surface area (Å²) in [6, 6.07) is 21.1. The van der Waals surface area contributed by atoms with Crippen LogP contribution in [0.1, 0.15) is 24.2 Å². The van der Waals surface area contributed by atoms with E-state index in [1.165, 1.54) is 24.3 Å². The number of aromatic nitrogens is 1. The fourth-order valence-electron chi connectivity index (χ4n) is 3.35. The van der Waals surface area contributed by atoms with Gasteiger partial charge in [0.1, 0.15) is 11.6 Å². The van der Waals surface area contributed by atoms with Crippen molar-refractivity contribution in [2.45, 2.75) is 20.0 Å². The van der Waals surface area contributed by atoms with Crippen LogP contribution in [0.25, 0.3) is 33.3 Å². The van der Waals surface area contributed by atoms with Crippen LogP contribution >= 0.6 is 0 Å². The first-order valence-electron chi connectivity index (χ1n) is 9.62. The number of hydrogen-bond donors (Lipinski definition) is 1. The molecule has 0 radical (unpaired) electrons. The van der Waals surface area contributed by atoms with Gasteiger partial charge in [0.25, 0.3) is 0 Å². The van der Waals surface area contributed by atoms with Gasteiger partial charge in [-0.05, 0) is 61.4 Å². The molecule has 0 aliphatic heterocycles. The average molecular weight is 401 g/mol. The lowest BCUT2D eigenvalue weighted by Crippen LogP contribution is -2.05. The Hall–Kier alpha value is -3.73. The molecule has 0 spiro atoms. The van der Waals surface area contributed by atoms with Crippen molar-refractivity contribution in [3.8, 4) is 28.1 Å². The van der Waals surface area contributed by atoms with Crippen LogP contribution in [-0.4, -0.2) is 22.2 Å². The number of aromatic carboxylic acids is 1. The predicted molar refractivity (Wildman–Crippen MR) is 115 cm³/mol. The Labute approximate surface area is 173 Å². The molecule has 0 aliphatic rings. The van der Waals surface area contributed by atoms with E-state index in [0.717, 1.165) is 22.4 Å². The number of nitrogens with zero attached hydrogens (tertiary/aromatic N) is 1. The van der Waals surface area contributed by atoms with Crippen molar-refractivity contribution in [2.24, 2.45) is 0 Å². The second kappa shape index (κ2) is 7.95. The largest absolute Gasteiger partial charge is 0.491 e. The molecule has 0 bridgehead atoms. The Morgan fingerprint density at radius 1 is 0.900 bits per heavy atom. The summed E-state index contributed by atoms with van der Waals surface area (Å²) in [6.07, 6.45) is 0.122. The Morgan fingerprint density at radius 3 is 2.10 bits per heavy atom. The summed E-state index contributed by atoms with van der Waals surface area (Å²) in [4.78, 5) is 16.2. The molecule has 0 unspecified atom stereocenters. The SMILES string of the molecule is CC(C)Oc1ccc(-c2ccc(-c3cc(C(=O)O)c4cc(F)ccc4n3)cc2)cc1. The average Bonchev–Trinajstić information content (AvgIpc) is 2.73. The van der Waals surface area contributed by atoms with Crippen LogP contribution in [-0.2, 0) is 0 Å². The third-order valence-electron chi connectivity index (χ3n) is 4.74. The summed E-state index contributed by atoms with van der Waals surface area (Å²) in [7, 11) is 0. The smallest absolute Gasteiger partial charge is 0.336 e. The topological polar surface area (TPSA) is 59.4 Å². The third kappa shape index (κ3) is 4.01. The minimum atomic E-state index is -1.12. The summed E-state index contributed by atoms with van der Waals surface area (Å²) in [5.74, 6) is -0.785. The van der Waals surface area contributed by atoms with Crippen LogP contribution in [0.3, 0.4) is 0 Å². The van der Waals surface area contributed by atoms with Gasteiger partial charge in [0.05, 0.1) is 22.9 Å². The highest BCUT2D eigenvalue weighted by atomic mass is 19.1. The Bertz CT molecular complexity index is 1220. The molecule has 1 heterocycles. The van der Waals surface area contributed by atoms with Crippen LogP contribution in [0, 0.1) is 5.82 Å². The monoisotopic (exact) mass is 401 g/mol. The molecule has 0 amide bonds. The molecular formula is C25H20FNO3. The minimum Gasteiger partial charge on any atom is -0.491 e. The van der Waals surface area contributed by atoms with Gasteiger partial charge in [-0.2, -0.15) is 0 Å². The minimum absolute atomic E-state index is 0.0271. The molecule has 0 fully saturated rings. The van der Waals surface area contributed by atoms with Crippen molar-refractivity contribution in [1.82, 2.24) is 4.98 Å². The molecular weight excluding hydrogens is 381 g/mol. The molecule has 30 heavy (non-hydrogen) atoms. The maximum atomic E-state index is 13.6. The first kappa shape index (κ1) is 19.6. The number of carboxylic acids is 1. The zero-order chi connectivity index (χ0) is 21.3. The maximum Gasteiger partial charge on any atom is 0.336 e. The molecule has 4 nitrogen and oxygen atoms in total. The molecule has 1 N–H and O–H groups in total. The number of pyridine rings is 1. The van der Waals surface area contributed by atoms with E-state index in [4.69, 9.17) is 4.74 Å². The molecule has 0 saturated carbocycles. The van der Waals surface area contributed by atoms with Gasteiger partial charge in [0.15, 0.2) is 0 Å². The van der Waals surface area contributed by atoms with Crippen molar-refractivity contribution in [3.63, 3.8) is 0 Å². The Kier molecular flexibility index (Phi) is 5.19. The van der Waals surface area contributed by atoms with E-state index in [-0.39, 0.29) is 17.1 Å². The summed E-state index contributed by atoms with van der Waals surface area (Å²) in [6.45, 7) is 3.97. The number of carbonyl (C=O) groups is 1. The molecule has 0 saturated heterocycles. The molecule has 5 heteroatoms. The molecule has 0 atom stereocenters. The normalized spacial score (nSPS) is 11.1. The standard InChI is InChI=1S/C25H20FNO3/c1-15(2)30-20-10-7-17(8-11-20)16-3-5-18(6-4-16)24-14-22(25(28)29)21-13-19(26)9-12-23(21)27-24/h3-15H,1-2H3,(H,28,29). The summed E-state index contributed by atoms with van der Waals surface area (Å²) in [5, 5.41) is 9.84. The quantitative estimate of drug-likeness (QED) is 0.433. The van der Waals surface area contributed by atoms with Crippen molar-refractivity contribution < 1.29 is 19.0 Å². The van der Waals surface area contributed by atoms with Gasteiger partial charge in [-0.3, -0.25) is 0 Å². The lowest BCUT2D eigenvalue weighted by molar-refractivity contribution is 0.0699. The highest BCUT2D eigenvalue weighted by Crippen LogP contribution is 2.29. The van der Waals surface area contributed by atoms with Gasteiger partial charge in [-0.25, -0.2) is 14.2 Å². The van der Waals surface area contributed by atoms with Crippen molar-refractivity contribution in [2.75, 3.05) is 0 Å². The summed E-state index contributed by atoms with van der Waals surface area (Å²) < 4.78 is 19.2. The van der Waals surface area contributed by atoms with Gasteiger partial charge in [-0.15, -0.1) is 0 Å². The number of benzene rings is 3. The van der Waals surface area contributed by atoms with Gasteiger partial charge < -0.3 is 9.84 Å². The molecule has 4 aromatic rings. The lowest BCUT2D eigenvalue weighted by Gasteiger charge is -2.11. The second-order valence-corrected chi connectivity index (χ2v) is 7.29. The van der Waals surface area contributed by atoms with Crippen LogP contribution in [0.5, 0.6) is 5.75 Å². The van der Waals surface area contributed by atoms with Gasteiger partial charge in [0.2, 0.25) is 0 Å². The van der Waals surface area contributed by atoms with E-state index < -0.39 is 11.8 Å². The van der Waals surface area contributed by atoms with Crippen molar-refractivity contribution >= 4 is 16.9 Å². The van der Waals surface area contributed by atoms with E-state index in [1.54, 1.807) is 0 Å². The van der Waals surface area contributed by atoms with E-state index in [9.17, 15) is 14.3 Å². The van der Waals surface area contributed by atoms with Gasteiger partial charge >= 0.3 is 5.97 Å². The number of carboxylic acid groups (broad SMARTS) is 1. The molecule has 0 aliphatic carbocycles. The second-order valence-electron chi connectivity index (χ2n) is 7.29. The zero-order valence-electron chi connectivity index (χ0n) is 16.6. The van der Waals surface area contributed by atoms with Crippen LogP contribution in [0.15, 0.2) is 72.8 Å². The first-order chi connectivity index (χ1) is 14.4. The molecule has 1 aromatic heterocycles. The Morgan fingerprint density at radius 2 is 1.50 bits per heavy atom. The van der Waals surface area contributed by atoms with E-state index in [0.29, 0.717) is 11.2 Å². The number of ether oxygens (including phenoxy) is 1. The fourth-order valence-corrected chi connectivity index (χ4v) is 3.35. The highest BCUT2D eigenvalue weighted by molar-refractivity contribution is 6.03. The number of rotatable bonds is 5. The fraction of sp³-hybridized carbons (Fsp3) is 0.120. The van der Waals surface area contributed by atoms with Crippen molar-refractivity contribution in [1.29, 1.82) is 0 Å². The molecule has 4 rings (SSSR count). The van der Waals surface area contributed by atoms with E-state index in [1.807, 2.05) is 62.4 Å².